The van der Waals surface area contributed by atoms with Crippen molar-refractivity contribution in [3.05, 3.63) is 12.2 Å². The molecule has 1 aromatic heterocycles. The molecule has 0 aliphatic heterocycles. The number of hydrogen-bond acceptors (Lipinski definition) is 5. The lowest BCUT2D eigenvalue weighted by Gasteiger charge is -2.03. The van der Waals surface area contributed by atoms with Gasteiger partial charge in [0.2, 0.25) is 5.82 Å². The van der Waals surface area contributed by atoms with E-state index in [1.54, 1.807) is 0 Å². The molecule has 13 heavy (non-hydrogen) atoms. The standard InChI is InChI=1S/C6H10N4O3/c7-5(12)6-8-3-9-10(6)4-13-2-1-11/h3,11H,1-2,4H2,(H2,7,12). The number of nitrogens with two attached hydrogens (primary N) is 1. The van der Waals surface area contributed by atoms with Crippen LogP contribution in [-0.4, -0.2) is 39.0 Å². The topological polar surface area (TPSA) is 103 Å². The van der Waals surface area contributed by atoms with Crippen LogP contribution in [0.15, 0.2) is 6.33 Å². The zero-order chi connectivity index (χ0) is 9.68. The van der Waals surface area contributed by atoms with Gasteiger partial charge >= 0.3 is 0 Å². The fraction of sp³-hybridized carbons (Fsp3) is 0.500. The average Bonchev–Trinajstić information content (AvgIpc) is 2.53. The summed E-state index contributed by atoms with van der Waals surface area (Å²) in [5, 5.41) is 12.1. The number of carbonyl (C=O) groups is 1. The minimum atomic E-state index is -0.662. The van der Waals surface area contributed by atoms with Crippen molar-refractivity contribution in [1.82, 2.24) is 14.8 Å². The third-order valence-corrected chi connectivity index (χ3v) is 1.29. The number of ether oxygens (including phenoxy) is 1. The van der Waals surface area contributed by atoms with Crippen LogP contribution < -0.4 is 5.73 Å². The van der Waals surface area contributed by atoms with Gasteiger partial charge in [-0.2, -0.15) is 5.10 Å². The highest BCUT2D eigenvalue weighted by atomic mass is 16.5. The summed E-state index contributed by atoms with van der Waals surface area (Å²) in [6.45, 7) is 0.150. The molecule has 1 aromatic rings. The van der Waals surface area contributed by atoms with Gasteiger partial charge < -0.3 is 15.6 Å². The maximum absolute atomic E-state index is 10.7. The molecular formula is C6H10N4O3. The van der Waals surface area contributed by atoms with Gasteiger partial charge in [-0.15, -0.1) is 0 Å². The normalized spacial score (nSPS) is 10.2. The first-order valence-electron chi connectivity index (χ1n) is 3.62. The van der Waals surface area contributed by atoms with E-state index in [1.807, 2.05) is 0 Å². The minimum absolute atomic E-state index is 0.0398. The van der Waals surface area contributed by atoms with E-state index < -0.39 is 5.91 Å². The molecule has 0 aliphatic carbocycles. The van der Waals surface area contributed by atoms with Crippen molar-refractivity contribution in [3.63, 3.8) is 0 Å². The summed E-state index contributed by atoms with van der Waals surface area (Å²) in [5.74, 6) is -0.622. The predicted molar refractivity (Wildman–Crippen MR) is 41.6 cm³/mol. The highest BCUT2D eigenvalue weighted by molar-refractivity contribution is 5.88. The molecule has 0 bridgehead atoms. The molecule has 1 amide bonds. The van der Waals surface area contributed by atoms with Crippen molar-refractivity contribution in [1.29, 1.82) is 0 Å². The summed E-state index contributed by atoms with van der Waals surface area (Å²) in [6.07, 6.45) is 1.21. The Bertz CT molecular complexity index is 285. The maximum Gasteiger partial charge on any atom is 0.286 e. The molecule has 0 aromatic carbocycles. The summed E-state index contributed by atoms with van der Waals surface area (Å²) in [5.41, 5.74) is 5.00. The quantitative estimate of drug-likeness (QED) is 0.536. The molecule has 0 saturated heterocycles. The second kappa shape index (κ2) is 4.53. The fourth-order valence-corrected chi connectivity index (χ4v) is 0.765. The molecule has 3 N–H and O–H groups in total. The van der Waals surface area contributed by atoms with Crippen LogP contribution >= 0.6 is 0 Å². The van der Waals surface area contributed by atoms with Gasteiger partial charge in [0.1, 0.15) is 13.1 Å². The van der Waals surface area contributed by atoms with E-state index in [-0.39, 0.29) is 25.8 Å². The van der Waals surface area contributed by atoms with Crippen molar-refractivity contribution in [2.24, 2.45) is 5.73 Å². The molecule has 0 saturated carbocycles. The molecular weight excluding hydrogens is 176 g/mol. The second-order valence-corrected chi connectivity index (χ2v) is 2.21. The number of aliphatic hydroxyl groups excluding tert-OH is 1. The largest absolute Gasteiger partial charge is 0.394 e. The molecule has 0 unspecified atom stereocenters. The Morgan fingerprint density at radius 2 is 2.54 bits per heavy atom. The SMILES string of the molecule is NC(=O)c1ncnn1COCCO. The Balaban J connectivity index is 2.55. The number of hydrogen-bond donors (Lipinski definition) is 2. The Kier molecular flexibility index (Phi) is 3.35. The Hall–Kier alpha value is -1.47. The van der Waals surface area contributed by atoms with Crippen LogP contribution in [-0.2, 0) is 11.5 Å². The Morgan fingerprint density at radius 1 is 1.77 bits per heavy atom. The van der Waals surface area contributed by atoms with Crippen molar-refractivity contribution in [2.45, 2.75) is 6.73 Å². The smallest absolute Gasteiger partial charge is 0.286 e. The summed E-state index contributed by atoms with van der Waals surface area (Å²) in [6, 6.07) is 0. The molecule has 0 spiro atoms. The number of aromatic nitrogens is 3. The van der Waals surface area contributed by atoms with Crippen molar-refractivity contribution in [3.8, 4) is 0 Å². The van der Waals surface area contributed by atoms with E-state index in [9.17, 15) is 4.79 Å². The first-order chi connectivity index (χ1) is 6.25. The molecule has 7 heteroatoms. The van der Waals surface area contributed by atoms with Gasteiger partial charge in [0.05, 0.1) is 13.2 Å². The zero-order valence-electron chi connectivity index (χ0n) is 6.88. The number of primary amides is 1. The van der Waals surface area contributed by atoms with E-state index >= 15 is 0 Å². The molecule has 0 fully saturated rings. The highest BCUT2D eigenvalue weighted by Gasteiger charge is 2.08. The van der Waals surface area contributed by atoms with Crippen LogP contribution in [0.2, 0.25) is 0 Å². The number of aliphatic hydroxyl groups is 1. The van der Waals surface area contributed by atoms with Gasteiger partial charge in [-0.05, 0) is 0 Å². The first-order valence-corrected chi connectivity index (χ1v) is 3.62. The lowest BCUT2D eigenvalue weighted by molar-refractivity contribution is 0.0398. The van der Waals surface area contributed by atoms with Gasteiger partial charge in [-0.1, -0.05) is 0 Å². The minimum Gasteiger partial charge on any atom is -0.394 e. The molecule has 0 radical (unpaired) electrons. The Labute approximate surface area is 74.1 Å². The maximum atomic E-state index is 10.7. The van der Waals surface area contributed by atoms with Gasteiger partial charge in [0, 0.05) is 0 Å². The third-order valence-electron chi connectivity index (χ3n) is 1.29. The van der Waals surface area contributed by atoms with Crippen molar-refractivity contribution < 1.29 is 14.6 Å². The summed E-state index contributed by atoms with van der Waals surface area (Å²) in [4.78, 5) is 14.3. The van der Waals surface area contributed by atoms with Crippen LogP contribution in [0.1, 0.15) is 10.6 Å². The van der Waals surface area contributed by atoms with E-state index in [4.69, 9.17) is 15.6 Å². The predicted octanol–water partition coefficient (Wildman–Crippen LogP) is -1.66. The molecule has 0 aliphatic rings. The van der Waals surface area contributed by atoms with Gasteiger partial charge in [0.15, 0.2) is 0 Å². The van der Waals surface area contributed by atoms with E-state index in [0.29, 0.717) is 0 Å². The van der Waals surface area contributed by atoms with Crippen LogP contribution in [0.3, 0.4) is 0 Å². The van der Waals surface area contributed by atoms with E-state index in [1.165, 1.54) is 11.0 Å². The van der Waals surface area contributed by atoms with E-state index in [2.05, 4.69) is 10.1 Å². The lowest BCUT2D eigenvalue weighted by atomic mass is 10.6. The van der Waals surface area contributed by atoms with Crippen LogP contribution in [0.25, 0.3) is 0 Å². The van der Waals surface area contributed by atoms with Crippen LogP contribution in [0.4, 0.5) is 0 Å². The lowest BCUT2D eigenvalue weighted by Crippen LogP contribution is -2.20. The van der Waals surface area contributed by atoms with Crippen LogP contribution in [0, 0.1) is 0 Å². The fourth-order valence-electron chi connectivity index (χ4n) is 0.765. The summed E-state index contributed by atoms with van der Waals surface area (Å²) in [7, 11) is 0. The van der Waals surface area contributed by atoms with Gasteiger partial charge in [-0.25, -0.2) is 9.67 Å². The van der Waals surface area contributed by atoms with Crippen molar-refractivity contribution in [2.75, 3.05) is 13.2 Å². The highest BCUT2D eigenvalue weighted by Crippen LogP contribution is 1.92. The second-order valence-electron chi connectivity index (χ2n) is 2.21. The zero-order valence-corrected chi connectivity index (χ0v) is 6.88. The molecule has 1 rings (SSSR count). The van der Waals surface area contributed by atoms with Gasteiger partial charge in [-0.3, -0.25) is 4.79 Å². The van der Waals surface area contributed by atoms with Gasteiger partial charge in [0.25, 0.3) is 5.91 Å². The summed E-state index contributed by atoms with van der Waals surface area (Å²) >= 11 is 0. The monoisotopic (exact) mass is 186 g/mol. The molecule has 7 nitrogen and oxygen atoms in total. The van der Waals surface area contributed by atoms with E-state index in [0.717, 1.165) is 0 Å². The number of amides is 1. The van der Waals surface area contributed by atoms with Crippen LogP contribution in [0.5, 0.6) is 0 Å². The number of carbonyl (C=O) groups excluding carboxylic acids is 1. The molecule has 0 atom stereocenters. The first kappa shape index (κ1) is 9.62. The van der Waals surface area contributed by atoms with Crippen molar-refractivity contribution >= 4 is 5.91 Å². The number of nitrogens with zero attached hydrogens (tertiary/aromatic N) is 3. The molecule has 72 valence electrons. The third kappa shape index (κ3) is 2.49. The average molecular weight is 186 g/mol. The Morgan fingerprint density at radius 3 is 3.15 bits per heavy atom. The molecule has 1 heterocycles. The summed E-state index contributed by atoms with van der Waals surface area (Å²) < 4.78 is 6.14. The number of rotatable bonds is 5.